The Labute approximate surface area is 201 Å². The van der Waals surface area contributed by atoms with Crippen molar-refractivity contribution in [1.29, 1.82) is 0 Å². The highest BCUT2D eigenvalue weighted by Gasteiger charge is 2.42. The molecule has 2 aliphatic rings. The summed E-state index contributed by atoms with van der Waals surface area (Å²) < 4.78 is 19.9. The third-order valence-electron chi connectivity index (χ3n) is 7.15. The van der Waals surface area contributed by atoms with Crippen LogP contribution in [-0.4, -0.2) is 37.7 Å². The number of methoxy groups -OCH3 is 1. The van der Waals surface area contributed by atoms with Crippen molar-refractivity contribution in [3.63, 3.8) is 0 Å². The Morgan fingerprint density at radius 2 is 1.56 bits per heavy atom. The van der Waals surface area contributed by atoms with E-state index in [0.717, 1.165) is 30.6 Å². The highest BCUT2D eigenvalue weighted by atomic mass is 19.1. The molecule has 0 aromatic heterocycles. The van der Waals surface area contributed by atoms with Crippen LogP contribution in [0.25, 0.3) is 5.57 Å². The third kappa shape index (κ3) is 4.31. The maximum atomic E-state index is 13.8. The smallest absolute Gasteiger partial charge is 0.123 e. The van der Waals surface area contributed by atoms with Gasteiger partial charge in [0.1, 0.15) is 5.82 Å². The van der Waals surface area contributed by atoms with Crippen LogP contribution < -0.4 is 4.90 Å². The van der Waals surface area contributed by atoms with Crippen LogP contribution in [0.15, 0.2) is 103 Å². The Bertz CT molecular complexity index is 1160. The van der Waals surface area contributed by atoms with E-state index in [1.807, 2.05) is 25.3 Å². The first-order valence-corrected chi connectivity index (χ1v) is 11.9. The number of halogens is 1. The fraction of sp³-hybridized carbons (Fsp3) is 0.267. The van der Waals surface area contributed by atoms with Gasteiger partial charge in [-0.2, -0.15) is 0 Å². The summed E-state index contributed by atoms with van der Waals surface area (Å²) in [6.07, 6.45) is 6.17. The quantitative estimate of drug-likeness (QED) is 0.411. The van der Waals surface area contributed by atoms with E-state index in [9.17, 15) is 4.39 Å². The topological polar surface area (TPSA) is 15.7 Å². The molecule has 0 saturated heterocycles. The second-order valence-corrected chi connectivity index (χ2v) is 9.02. The van der Waals surface area contributed by atoms with E-state index >= 15 is 0 Å². The molecule has 0 spiro atoms. The number of rotatable bonds is 5. The third-order valence-corrected chi connectivity index (χ3v) is 7.15. The van der Waals surface area contributed by atoms with Gasteiger partial charge in [0.25, 0.3) is 0 Å². The first-order valence-electron chi connectivity index (χ1n) is 11.9. The molecule has 0 aliphatic carbocycles. The second-order valence-electron chi connectivity index (χ2n) is 9.02. The SMILES string of the molecule is CO[C@H]1CC=CCN2[C@@H]1C(c1ccccc1)=C(N(C)c1ccccc1)C[C@H]2c1ccc(F)cc1. The van der Waals surface area contributed by atoms with Crippen LogP contribution in [0, 0.1) is 5.82 Å². The van der Waals surface area contributed by atoms with Crippen LogP contribution >= 0.6 is 0 Å². The van der Waals surface area contributed by atoms with Crippen molar-refractivity contribution in [3.05, 3.63) is 120 Å². The van der Waals surface area contributed by atoms with Gasteiger partial charge in [0.05, 0.1) is 12.1 Å². The Morgan fingerprint density at radius 1 is 0.882 bits per heavy atom. The molecule has 34 heavy (non-hydrogen) atoms. The summed E-state index contributed by atoms with van der Waals surface area (Å²) in [6, 6.07) is 28.4. The monoisotopic (exact) mass is 454 g/mol. The van der Waals surface area contributed by atoms with Crippen LogP contribution in [0.3, 0.4) is 0 Å². The molecule has 3 atom stereocenters. The molecule has 0 amide bonds. The summed E-state index contributed by atoms with van der Waals surface area (Å²) in [7, 11) is 3.97. The van der Waals surface area contributed by atoms with Crippen molar-refractivity contribution in [2.45, 2.75) is 31.0 Å². The Balaban J connectivity index is 1.73. The number of fused-ring (bicyclic) bond motifs is 1. The van der Waals surface area contributed by atoms with Gasteiger partial charge in [-0.3, -0.25) is 4.90 Å². The number of para-hydroxylation sites is 1. The van der Waals surface area contributed by atoms with Gasteiger partial charge in [-0.15, -0.1) is 0 Å². The first kappa shape index (κ1) is 22.6. The molecule has 5 rings (SSSR count). The number of hydrogen-bond acceptors (Lipinski definition) is 3. The first-order chi connectivity index (χ1) is 16.7. The molecule has 2 aliphatic heterocycles. The largest absolute Gasteiger partial charge is 0.379 e. The molecule has 0 radical (unpaired) electrons. The minimum Gasteiger partial charge on any atom is -0.379 e. The predicted octanol–water partition coefficient (Wildman–Crippen LogP) is 6.46. The second kappa shape index (κ2) is 9.96. The zero-order chi connectivity index (χ0) is 23.5. The van der Waals surface area contributed by atoms with Crippen molar-refractivity contribution < 1.29 is 9.13 Å². The minimum absolute atomic E-state index is 0.0105. The van der Waals surface area contributed by atoms with Gasteiger partial charge in [-0.25, -0.2) is 4.39 Å². The molecule has 0 N–H and O–H groups in total. The number of benzene rings is 3. The number of hydrogen-bond donors (Lipinski definition) is 0. The molecular formula is C30H31FN2O. The molecule has 4 heteroatoms. The van der Waals surface area contributed by atoms with E-state index in [0.29, 0.717) is 0 Å². The zero-order valence-electron chi connectivity index (χ0n) is 19.8. The van der Waals surface area contributed by atoms with Gasteiger partial charge >= 0.3 is 0 Å². The maximum absolute atomic E-state index is 13.8. The Hall–Kier alpha value is -3.21. The van der Waals surface area contributed by atoms with Crippen LogP contribution in [0.4, 0.5) is 10.1 Å². The van der Waals surface area contributed by atoms with Crippen molar-refractivity contribution in [1.82, 2.24) is 4.90 Å². The van der Waals surface area contributed by atoms with Crippen LogP contribution in [0.5, 0.6) is 0 Å². The lowest BCUT2D eigenvalue weighted by Gasteiger charge is -2.48. The summed E-state index contributed by atoms with van der Waals surface area (Å²) in [5.74, 6) is -0.205. The van der Waals surface area contributed by atoms with Gasteiger partial charge in [-0.1, -0.05) is 72.8 Å². The van der Waals surface area contributed by atoms with Crippen LogP contribution in [-0.2, 0) is 4.74 Å². The zero-order valence-corrected chi connectivity index (χ0v) is 19.8. The summed E-state index contributed by atoms with van der Waals surface area (Å²) in [5.41, 5.74) is 6.08. The van der Waals surface area contributed by atoms with Crippen molar-refractivity contribution in [2.75, 3.05) is 25.6 Å². The fourth-order valence-corrected chi connectivity index (χ4v) is 5.44. The Kier molecular flexibility index (Phi) is 6.61. The summed E-state index contributed by atoms with van der Waals surface area (Å²) in [6.45, 7) is 0.825. The molecular weight excluding hydrogens is 423 g/mol. The molecule has 2 heterocycles. The highest BCUT2D eigenvalue weighted by Crippen LogP contribution is 2.46. The summed E-state index contributed by atoms with van der Waals surface area (Å²) in [4.78, 5) is 4.86. The number of anilines is 1. The standard InChI is InChI=1S/C30H31FN2O/c1-32(25-13-7-4-8-14-25)27-21-26(22-16-18-24(31)19-17-22)33-20-10-9-15-28(34-2)30(33)29(27)23-11-5-3-6-12-23/h3-14,16-19,26,28,30H,15,20-21H2,1-2H3/t26-,28-,30-/m0/s1. The maximum Gasteiger partial charge on any atom is 0.123 e. The molecule has 0 fully saturated rings. The highest BCUT2D eigenvalue weighted by molar-refractivity contribution is 5.78. The molecule has 0 bridgehead atoms. The van der Waals surface area contributed by atoms with Crippen LogP contribution in [0.1, 0.15) is 30.0 Å². The Morgan fingerprint density at radius 3 is 2.24 bits per heavy atom. The van der Waals surface area contributed by atoms with E-state index in [1.165, 1.54) is 16.8 Å². The van der Waals surface area contributed by atoms with E-state index < -0.39 is 0 Å². The van der Waals surface area contributed by atoms with Crippen molar-refractivity contribution >= 4 is 11.3 Å². The van der Waals surface area contributed by atoms with Crippen molar-refractivity contribution in [2.24, 2.45) is 0 Å². The molecule has 3 nitrogen and oxygen atoms in total. The van der Waals surface area contributed by atoms with Gasteiger partial charge in [0, 0.05) is 44.5 Å². The molecule has 174 valence electrons. The molecule has 3 aromatic carbocycles. The lowest BCUT2D eigenvalue weighted by molar-refractivity contribution is 0.0252. The van der Waals surface area contributed by atoms with Crippen molar-refractivity contribution in [3.8, 4) is 0 Å². The molecule has 3 aromatic rings. The van der Waals surface area contributed by atoms with Gasteiger partial charge in [0.15, 0.2) is 0 Å². The minimum atomic E-state index is -0.205. The lowest BCUT2D eigenvalue weighted by Crippen LogP contribution is -2.50. The van der Waals surface area contributed by atoms with Gasteiger partial charge < -0.3 is 9.64 Å². The van der Waals surface area contributed by atoms with Gasteiger partial charge in [0.2, 0.25) is 0 Å². The number of ether oxygens (including phenoxy) is 1. The lowest BCUT2D eigenvalue weighted by atomic mass is 9.82. The fourth-order valence-electron chi connectivity index (χ4n) is 5.44. The summed E-state index contributed by atoms with van der Waals surface area (Å²) >= 11 is 0. The normalized spacial score (nSPS) is 22.9. The van der Waals surface area contributed by atoms with E-state index in [1.54, 1.807) is 12.1 Å². The van der Waals surface area contributed by atoms with E-state index in [-0.39, 0.29) is 24.0 Å². The predicted molar refractivity (Wildman–Crippen MR) is 137 cm³/mol. The average molecular weight is 455 g/mol. The molecule has 0 saturated carbocycles. The van der Waals surface area contributed by atoms with E-state index in [2.05, 4.69) is 83.6 Å². The summed E-state index contributed by atoms with van der Waals surface area (Å²) in [5, 5.41) is 0. The van der Waals surface area contributed by atoms with E-state index in [4.69, 9.17) is 4.74 Å². The molecule has 0 unspecified atom stereocenters. The van der Waals surface area contributed by atoms with Gasteiger partial charge in [-0.05, 0) is 47.4 Å². The average Bonchev–Trinajstić information content (AvgIpc) is 3.11. The number of nitrogens with zero attached hydrogens (tertiary/aromatic N) is 2. The van der Waals surface area contributed by atoms with Crippen LogP contribution in [0.2, 0.25) is 0 Å².